The molecular formula is C8H11N3O5. The fraction of sp³-hybridized carbons (Fsp3) is 0.500. The van der Waals surface area contributed by atoms with Crippen LogP contribution in [0, 0.1) is 0 Å². The van der Waals surface area contributed by atoms with E-state index in [4.69, 9.17) is 4.74 Å². The van der Waals surface area contributed by atoms with Crippen LogP contribution in [-0.2, 0) is 21.0 Å². The number of rotatable bonds is 5. The molecule has 1 heterocycles. The highest BCUT2D eigenvalue weighted by Gasteiger charge is 1.98. The molecule has 0 bridgehead atoms. The minimum absolute atomic E-state index is 0.105. The van der Waals surface area contributed by atoms with E-state index in [1.807, 2.05) is 4.98 Å². The van der Waals surface area contributed by atoms with E-state index in [1.54, 1.807) is 0 Å². The molecule has 16 heavy (non-hydrogen) atoms. The molecule has 0 aliphatic rings. The van der Waals surface area contributed by atoms with Crippen molar-refractivity contribution in [1.29, 1.82) is 0 Å². The minimum atomic E-state index is -0.653. The topological polar surface area (TPSA) is 103 Å². The van der Waals surface area contributed by atoms with Crippen molar-refractivity contribution in [1.82, 2.24) is 14.8 Å². The summed E-state index contributed by atoms with van der Waals surface area (Å²) in [6.07, 6.45) is 0.969. The molecule has 0 radical (unpaired) electrons. The summed E-state index contributed by atoms with van der Waals surface area (Å²) in [6, 6.07) is 0. The molecule has 8 heteroatoms. The van der Waals surface area contributed by atoms with E-state index in [0.717, 1.165) is 10.9 Å². The number of H-pyrrole nitrogens is 1. The number of ether oxygens (including phenoxy) is 2. The van der Waals surface area contributed by atoms with E-state index in [1.165, 1.54) is 6.92 Å². The van der Waals surface area contributed by atoms with Gasteiger partial charge < -0.3 is 9.47 Å². The molecule has 0 aliphatic heterocycles. The van der Waals surface area contributed by atoms with E-state index < -0.39 is 17.2 Å². The van der Waals surface area contributed by atoms with Crippen molar-refractivity contribution in [3.05, 3.63) is 27.0 Å². The number of esters is 1. The zero-order chi connectivity index (χ0) is 12.0. The minimum Gasteiger partial charge on any atom is -0.463 e. The second-order valence-electron chi connectivity index (χ2n) is 2.82. The average Bonchev–Trinajstić information content (AvgIpc) is 2.20. The highest BCUT2D eigenvalue weighted by Crippen LogP contribution is 1.81. The van der Waals surface area contributed by atoms with Crippen LogP contribution < -0.4 is 11.2 Å². The van der Waals surface area contributed by atoms with Gasteiger partial charge in [-0.05, 0) is 0 Å². The highest BCUT2D eigenvalue weighted by molar-refractivity contribution is 5.65. The number of hydrogen-bond acceptors (Lipinski definition) is 6. The van der Waals surface area contributed by atoms with Crippen molar-refractivity contribution < 1.29 is 14.3 Å². The van der Waals surface area contributed by atoms with Crippen molar-refractivity contribution in [3.63, 3.8) is 0 Å². The van der Waals surface area contributed by atoms with Gasteiger partial charge in [0.05, 0.1) is 6.61 Å². The van der Waals surface area contributed by atoms with Gasteiger partial charge in [0, 0.05) is 6.92 Å². The van der Waals surface area contributed by atoms with E-state index in [9.17, 15) is 14.4 Å². The SMILES string of the molecule is CC(=O)OCCOCn1ncc(=O)[nH]c1=O. The third kappa shape index (κ3) is 4.05. The fourth-order valence-corrected chi connectivity index (χ4v) is 0.864. The van der Waals surface area contributed by atoms with Gasteiger partial charge in [-0.25, -0.2) is 4.79 Å². The second-order valence-corrected chi connectivity index (χ2v) is 2.82. The molecule has 88 valence electrons. The summed E-state index contributed by atoms with van der Waals surface area (Å²) in [4.78, 5) is 34.2. The largest absolute Gasteiger partial charge is 0.463 e. The zero-order valence-electron chi connectivity index (χ0n) is 8.63. The van der Waals surface area contributed by atoms with Crippen LogP contribution in [0.4, 0.5) is 0 Å². The lowest BCUT2D eigenvalue weighted by molar-refractivity contribution is -0.143. The molecule has 0 amide bonds. The van der Waals surface area contributed by atoms with Crippen molar-refractivity contribution >= 4 is 5.97 Å². The quantitative estimate of drug-likeness (QED) is 0.485. The number of carbonyl (C=O) groups is 1. The third-order valence-electron chi connectivity index (χ3n) is 1.53. The van der Waals surface area contributed by atoms with Crippen molar-refractivity contribution in [3.8, 4) is 0 Å². The molecule has 1 N–H and O–H groups in total. The van der Waals surface area contributed by atoms with Gasteiger partial charge in [0.25, 0.3) is 5.56 Å². The van der Waals surface area contributed by atoms with Gasteiger partial charge in [-0.3, -0.25) is 14.6 Å². The maximum Gasteiger partial charge on any atom is 0.346 e. The Morgan fingerprint density at radius 1 is 1.50 bits per heavy atom. The maximum absolute atomic E-state index is 11.1. The molecule has 0 aliphatic carbocycles. The lowest BCUT2D eigenvalue weighted by Crippen LogP contribution is -2.32. The Labute approximate surface area is 89.8 Å². The summed E-state index contributed by atoms with van der Waals surface area (Å²) in [6.45, 7) is 1.42. The van der Waals surface area contributed by atoms with E-state index >= 15 is 0 Å². The first-order chi connectivity index (χ1) is 7.59. The van der Waals surface area contributed by atoms with Gasteiger partial charge in [0.15, 0.2) is 0 Å². The summed E-state index contributed by atoms with van der Waals surface area (Å²) in [5, 5.41) is 3.54. The van der Waals surface area contributed by atoms with Gasteiger partial charge in [-0.1, -0.05) is 0 Å². The summed E-state index contributed by atoms with van der Waals surface area (Å²) in [5.41, 5.74) is -1.22. The molecule has 8 nitrogen and oxygen atoms in total. The monoisotopic (exact) mass is 229 g/mol. The Kier molecular flexibility index (Phi) is 4.40. The van der Waals surface area contributed by atoms with Gasteiger partial charge >= 0.3 is 11.7 Å². The first-order valence-corrected chi connectivity index (χ1v) is 4.47. The van der Waals surface area contributed by atoms with Crippen LogP contribution in [0.1, 0.15) is 6.92 Å². The lowest BCUT2D eigenvalue weighted by atomic mass is 10.7. The highest BCUT2D eigenvalue weighted by atomic mass is 16.6. The predicted molar refractivity (Wildman–Crippen MR) is 51.7 cm³/mol. The van der Waals surface area contributed by atoms with Gasteiger partial charge in [0.1, 0.15) is 19.5 Å². The summed E-state index contributed by atoms with van der Waals surface area (Å²) < 4.78 is 10.5. The van der Waals surface area contributed by atoms with E-state index in [-0.39, 0.29) is 19.9 Å². The molecule has 0 aromatic carbocycles. The van der Waals surface area contributed by atoms with Gasteiger partial charge in [-0.2, -0.15) is 9.78 Å². The number of carbonyl (C=O) groups excluding carboxylic acids is 1. The van der Waals surface area contributed by atoms with Crippen molar-refractivity contribution in [2.75, 3.05) is 13.2 Å². The number of aromatic nitrogens is 3. The number of aromatic amines is 1. The standard InChI is InChI=1S/C8H11N3O5/c1-6(12)16-3-2-15-5-11-8(14)10-7(13)4-9-11/h4H,2-3,5H2,1H3,(H,10,13,14). The van der Waals surface area contributed by atoms with Crippen LogP contribution in [-0.4, -0.2) is 33.9 Å². The summed E-state index contributed by atoms with van der Waals surface area (Å²) in [5.74, 6) is -0.400. The Hall–Kier alpha value is -1.96. The van der Waals surface area contributed by atoms with Gasteiger partial charge in [0.2, 0.25) is 0 Å². The second kappa shape index (κ2) is 5.81. The number of nitrogens with zero attached hydrogens (tertiary/aromatic N) is 2. The Morgan fingerprint density at radius 3 is 2.88 bits per heavy atom. The molecule has 0 spiro atoms. The number of hydrogen-bond donors (Lipinski definition) is 1. The van der Waals surface area contributed by atoms with Crippen LogP contribution in [0.15, 0.2) is 15.8 Å². The molecule has 0 atom stereocenters. The normalized spacial score (nSPS) is 10.1. The van der Waals surface area contributed by atoms with Gasteiger partial charge in [-0.15, -0.1) is 0 Å². The zero-order valence-corrected chi connectivity index (χ0v) is 8.63. The summed E-state index contributed by atoms with van der Waals surface area (Å²) in [7, 11) is 0. The van der Waals surface area contributed by atoms with Crippen LogP contribution in [0.5, 0.6) is 0 Å². The molecular weight excluding hydrogens is 218 g/mol. The lowest BCUT2D eigenvalue weighted by Gasteiger charge is -2.04. The Balaban J connectivity index is 2.35. The van der Waals surface area contributed by atoms with Crippen molar-refractivity contribution in [2.24, 2.45) is 0 Å². The predicted octanol–water partition coefficient (Wildman–Crippen LogP) is -1.53. The molecule has 1 aromatic heterocycles. The third-order valence-corrected chi connectivity index (χ3v) is 1.53. The van der Waals surface area contributed by atoms with Crippen molar-refractivity contribution in [2.45, 2.75) is 13.7 Å². The first kappa shape index (κ1) is 12.1. The van der Waals surface area contributed by atoms with Crippen LogP contribution in [0.3, 0.4) is 0 Å². The van der Waals surface area contributed by atoms with E-state index in [0.29, 0.717) is 0 Å². The smallest absolute Gasteiger partial charge is 0.346 e. The molecule has 0 saturated heterocycles. The van der Waals surface area contributed by atoms with Crippen LogP contribution in [0.2, 0.25) is 0 Å². The van der Waals surface area contributed by atoms with Crippen LogP contribution >= 0.6 is 0 Å². The molecule has 1 aromatic rings. The maximum atomic E-state index is 11.1. The molecule has 0 unspecified atom stereocenters. The Morgan fingerprint density at radius 2 is 2.25 bits per heavy atom. The van der Waals surface area contributed by atoms with Crippen LogP contribution in [0.25, 0.3) is 0 Å². The first-order valence-electron chi connectivity index (χ1n) is 4.47. The molecule has 0 fully saturated rings. The molecule has 1 rings (SSSR count). The van der Waals surface area contributed by atoms with E-state index in [2.05, 4.69) is 9.84 Å². The Bertz CT molecular complexity index is 463. The number of nitrogens with one attached hydrogen (secondary N) is 1. The summed E-state index contributed by atoms with van der Waals surface area (Å²) >= 11 is 0. The average molecular weight is 229 g/mol. The molecule has 0 saturated carbocycles. The fourth-order valence-electron chi connectivity index (χ4n) is 0.864.